The number of carbonyl (C=O) groups excluding carboxylic acids is 3. The number of unbranched alkanes of at least 4 members (excludes halogenated alkanes) is 2. The molecule has 9 nitrogen and oxygen atoms in total. The zero-order valence-electron chi connectivity index (χ0n) is 20.2. The van der Waals surface area contributed by atoms with Gasteiger partial charge in [0, 0.05) is 24.9 Å². The minimum Gasteiger partial charge on any atom is -0.309 e. The zero-order valence-corrected chi connectivity index (χ0v) is 20.2. The summed E-state index contributed by atoms with van der Waals surface area (Å²) in [4.78, 5) is 52.2. The summed E-state index contributed by atoms with van der Waals surface area (Å²) >= 11 is 0. The standard InChI is InChI=1S/C26H28FN5O4/c1-3-4-7-12-32-26(36)19-9-6-5-8-18(19)23(30-32)25(35)29-28-24(34)17-14-22(33)31(15-17)21-11-10-16(2)13-20(21)27/h5-6,8-11,13,17H,3-4,7,12,14-15H2,1-2H3,(H,28,34)(H,29,35). The Hall–Kier alpha value is -4.08. The van der Waals surface area contributed by atoms with Gasteiger partial charge in [0.25, 0.3) is 11.5 Å². The lowest BCUT2D eigenvalue weighted by molar-refractivity contribution is -0.126. The van der Waals surface area contributed by atoms with E-state index in [1.807, 2.05) is 6.92 Å². The van der Waals surface area contributed by atoms with E-state index in [9.17, 15) is 23.6 Å². The monoisotopic (exact) mass is 493 g/mol. The van der Waals surface area contributed by atoms with E-state index in [4.69, 9.17) is 0 Å². The Bertz CT molecular complexity index is 1390. The second kappa shape index (κ2) is 10.7. The molecule has 0 saturated carbocycles. The molecule has 2 aromatic carbocycles. The van der Waals surface area contributed by atoms with Gasteiger partial charge in [0.15, 0.2) is 5.69 Å². The molecule has 36 heavy (non-hydrogen) atoms. The third-order valence-electron chi connectivity index (χ3n) is 6.25. The van der Waals surface area contributed by atoms with Crippen LogP contribution in [0, 0.1) is 18.7 Å². The average Bonchev–Trinajstić information content (AvgIpc) is 3.25. The predicted octanol–water partition coefficient (Wildman–Crippen LogP) is 2.85. The lowest BCUT2D eigenvalue weighted by Gasteiger charge is -2.18. The number of fused-ring (bicyclic) bond motifs is 1. The average molecular weight is 494 g/mol. The summed E-state index contributed by atoms with van der Waals surface area (Å²) in [6.07, 6.45) is 2.52. The Morgan fingerprint density at radius 2 is 1.83 bits per heavy atom. The molecule has 0 aliphatic carbocycles. The fourth-order valence-corrected chi connectivity index (χ4v) is 4.29. The summed E-state index contributed by atoms with van der Waals surface area (Å²) in [6, 6.07) is 11.2. The molecule has 1 atom stereocenters. The molecular formula is C26H28FN5O4. The molecule has 1 aliphatic rings. The van der Waals surface area contributed by atoms with Gasteiger partial charge in [-0.1, -0.05) is 44.0 Å². The van der Waals surface area contributed by atoms with E-state index in [1.54, 1.807) is 37.3 Å². The molecule has 1 saturated heterocycles. The van der Waals surface area contributed by atoms with Gasteiger partial charge in [-0.3, -0.25) is 30.0 Å². The topological polar surface area (TPSA) is 113 Å². The quantitative estimate of drug-likeness (QED) is 0.388. The van der Waals surface area contributed by atoms with Crippen LogP contribution in [0.3, 0.4) is 0 Å². The number of aromatic nitrogens is 2. The highest BCUT2D eigenvalue weighted by Gasteiger charge is 2.36. The summed E-state index contributed by atoms with van der Waals surface area (Å²) < 4.78 is 15.6. The Morgan fingerprint density at radius 1 is 1.08 bits per heavy atom. The number of rotatable bonds is 7. The molecule has 1 fully saturated rings. The SMILES string of the molecule is CCCCCn1nc(C(=O)NNC(=O)C2CC(=O)N(c3ccc(C)cc3F)C2)c2ccccc2c1=O. The molecule has 3 aromatic rings. The first-order chi connectivity index (χ1) is 17.3. The van der Waals surface area contributed by atoms with Crippen molar-refractivity contribution >= 4 is 34.2 Å². The zero-order chi connectivity index (χ0) is 25.8. The third kappa shape index (κ3) is 5.12. The number of nitrogens with zero attached hydrogens (tertiary/aromatic N) is 3. The number of hydrogen-bond donors (Lipinski definition) is 2. The molecule has 2 N–H and O–H groups in total. The molecule has 0 spiro atoms. The molecule has 188 valence electrons. The lowest BCUT2D eigenvalue weighted by Crippen LogP contribution is -2.46. The van der Waals surface area contributed by atoms with E-state index in [1.165, 1.54) is 21.7 Å². The number of benzene rings is 2. The number of carbonyl (C=O) groups is 3. The van der Waals surface area contributed by atoms with Crippen molar-refractivity contribution in [2.24, 2.45) is 5.92 Å². The van der Waals surface area contributed by atoms with Crippen molar-refractivity contribution in [2.45, 2.75) is 46.1 Å². The number of anilines is 1. The van der Waals surface area contributed by atoms with Gasteiger partial charge in [-0.2, -0.15) is 5.10 Å². The van der Waals surface area contributed by atoms with Crippen LogP contribution < -0.4 is 21.3 Å². The van der Waals surface area contributed by atoms with Gasteiger partial charge in [0.05, 0.1) is 17.0 Å². The molecule has 10 heteroatoms. The third-order valence-corrected chi connectivity index (χ3v) is 6.25. The van der Waals surface area contributed by atoms with Crippen molar-refractivity contribution in [3.63, 3.8) is 0 Å². The smallest absolute Gasteiger partial charge is 0.290 e. The van der Waals surface area contributed by atoms with Crippen LogP contribution in [0.5, 0.6) is 0 Å². The number of hydrogen-bond acceptors (Lipinski definition) is 5. The molecule has 1 aromatic heterocycles. The largest absolute Gasteiger partial charge is 0.309 e. The van der Waals surface area contributed by atoms with Gasteiger partial charge in [-0.25, -0.2) is 9.07 Å². The van der Waals surface area contributed by atoms with Crippen LogP contribution in [-0.2, 0) is 16.1 Å². The second-order valence-corrected chi connectivity index (χ2v) is 8.93. The molecule has 1 aliphatic heterocycles. The van der Waals surface area contributed by atoms with Crippen LogP contribution in [-0.4, -0.2) is 34.0 Å². The first kappa shape index (κ1) is 25.0. The summed E-state index contributed by atoms with van der Waals surface area (Å²) in [6.45, 7) is 4.16. The highest BCUT2D eigenvalue weighted by molar-refractivity contribution is 6.06. The number of amides is 3. The van der Waals surface area contributed by atoms with Crippen LogP contribution in [0.4, 0.5) is 10.1 Å². The molecular weight excluding hydrogens is 465 g/mol. The van der Waals surface area contributed by atoms with E-state index >= 15 is 0 Å². The number of aryl methyl sites for hydroxylation is 2. The Balaban J connectivity index is 1.47. The summed E-state index contributed by atoms with van der Waals surface area (Å²) in [7, 11) is 0. The molecule has 3 amide bonds. The highest BCUT2D eigenvalue weighted by Crippen LogP contribution is 2.28. The Morgan fingerprint density at radius 3 is 2.56 bits per heavy atom. The predicted molar refractivity (Wildman–Crippen MR) is 133 cm³/mol. The van der Waals surface area contributed by atoms with Crippen LogP contribution >= 0.6 is 0 Å². The maximum absolute atomic E-state index is 14.3. The van der Waals surface area contributed by atoms with E-state index in [0.717, 1.165) is 24.8 Å². The van der Waals surface area contributed by atoms with Crippen molar-refractivity contribution < 1.29 is 18.8 Å². The van der Waals surface area contributed by atoms with E-state index in [0.29, 0.717) is 17.3 Å². The van der Waals surface area contributed by atoms with Crippen molar-refractivity contribution in [2.75, 3.05) is 11.4 Å². The minimum atomic E-state index is -0.772. The maximum Gasteiger partial charge on any atom is 0.290 e. The highest BCUT2D eigenvalue weighted by atomic mass is 19.1. The van der Waals surface area contributed by atoms with Gasteiger partial charge in [0.1, 0.15) is 5.82 Å². The van der Waals surface area contributed by atoms with Gasteiger partial charge >= 0.3 is 0 Å². The minimum absolute atomic E-state index is 0.00727. The first-order valence-electron chi connectivity index (χ1n) is 12.0. The first-order valence-corrected chi connectivity index (χ1v) is 12.0. The van der Waals surface area contributed by atoms with Gasteiger partial charge in [-0.15, -0.1) is 0 Å². The van der Waals surface area contributed by atoms with Gasteiger partial charge in [0.2, 0.25) is 11.8 Å². The molecule has 4 rings (SSSR count). The second-order valence-electron chi connectivity index (χ2n) is 8.93. The van der Waals surface area contributed by atoms with E-state index < -0.39 is 23.5 Å². The van der Waals surface area contributed by atoms with Gasteiger partial charge in [-0.05, 0) is 37.1 Å². The van der Waals surface area contributed by atoms with E-state index in [-0.39, 0.29) is 35.8 Å². The van der Waals surface area contributed by atoms with Crippen molar-refractivity contribution in [3.8, 4) is 0 Å². The van der Waals surface area contributed by atoms with Crippen LogP contribution in [0.25, 0.3) is 10.8 Å². The number of halogens is 1. The Labute approximate surface area is 207 Å². The van der Waals surface area contributed by atoms with Crippen molar-refractivity contribution in [1.29, 1.82) is 0 Å². The summed E-state index contributed by atoms with van der Waals surface area (Å²) in [5.74, 6) is -2.95. The molecule has 1 unspecified atom stereocenters. The number of hydrazine groups is 1. The fourth-order valence-electron chi connectivity index (χ4n) is 4.29. The number of nitrogens with one attached hydrogen (secondary N) is 2. The normalized spacial score (nSPS) is 15.4. The molecule has 0 radical (unpaired) electrons. The lowest BCUT2D eigenvalue weighted by atomic mass is 10.1. The molecule has 0 bridgehead atoms. The fraction of sp³-hybridized carbons (Fsp3) is 0.346. The Kier molecular flexibility index (Phi) is 7.42. The van der Waals surface area contributed by atoms with Crippen LogP contribution in [0.15, 0.2) is 47.3 Å². The van der Waals surface area contributed by atoms with E-state index in [2.05, 4.69) is 16.0 Å². The maximum atomic E-state index is 14.3. The van der Waals surface area contributed by atoms with Crippen LogP contribution in [0.2, 0.25) is 0 Å². The molecule has 2 heterocycles. The summed E-state index contributed by atoms with van der Waals surface area (Å²) in [5.41, 5.74) is 5.26. The van der Waals surface area contributed by atoms with Crippen molar-refractivity contribution in [1.82, 2.24) is 20.6 Å². The van der Waals surface area contributed by atoms with Crippen molar-refractivity contribution in [3.05, 3.63) is 69.9 Å². The summed E-state index contributed by atoms with van der Waals surface area (Å²) in [5, 5.41) is 5.00. The van der Waals surface area contributed by atoms with Crippen LogP contribution in [0.1, 0.15) is 48.7 Å². The van der Waals surface area contributed by atoms with Gasteiger partial charge < -0.3 is 4.90 Å².